The monoisotopic (exact) mass is 279 g/mol. The topological polar surface area (TPSA) is 99.2 Å². The lowest BCUT2D eigenvalue weighted by molar-refractivity contribution is -0.198. The highest BCUT2D eigenvalue weighted by Gasteiger charge is 2.32. The van der Waals surface area contributed by atoms with Gasteiger partial charge in [0.15, 0.2) is 21.4 Å². The SMILES string of the molecule is [3H]CC(=O)COPOCC(=O)ON1C(=O)CCC1=O. The van der Waals surface area contributed by atoms with Gasteiger partial charge in [-0.2, -0.15) is 0 Å². The first-order valence-electron chi connectivity index (χ1n) is 5.61. The summed E-state index contributed by atoms with van der Waals surface area (Å²) in [5, 5.41) is 0.416. The predicted molar refractivity (Wildman–Crippen MR) is 58.1 cm³/mol. The molecule has 0 aliphatic carbocycles. The molecule has 8 nitrogen and oxygen atoms in total. The van der Waals surface area contributed by atoms with Crippen molar-refractivity contribution in [1.82, 2.24) is 5.06 Å². The molecule has 0 aromatic rings. The first kappa shape index (κ1) is 13.1. The van der Waals surface area contributed by atoms with E-state index in [1.165, 1.54) is 0 Å². The Labute approximate surface area is 106 Å². The summed E-state index contributed by atoms with van der Waals surface area (Å²) in [6.07, 6.45) is 0.0418. The molecule has 0 spiro atoms. The van der Waals surface area contributed by atoms with Gasteiger partial charge in [0.1, 0.15) is 6.61 Å². The molecule has 1 unspecified atom stereocenters. The fraction of sp³-hybridized carbons (Fsp3) is 0.556. The molecule has 18 heavy (non-hydrogen) atoms. The molecule has 2 amide bonds. The van der Waals surface area contributed by atoms with E-state index in [4.69, 9.17) is 10.4 Å². The van der Waals surface area contributed by atoms with Crippen LogP contribution in [0.3, 0.4) is 0 Å². The zero-order chi connectivity index (χ0) is 14.3. The maximum absolute atomic E-state index is 11.2. The summed E-state index contributed by atoms with van der Waals surface area (Å²) in [5.74, 6) is -2.46. The van der Waals surface area contributed by atoms with E-state index in [1.807, 2.05) is 0 Å². The molecule has 0 aromatic carbocycles. The zero-order valence-corrected chi connectivity index (χ0v) is 10.3. The number of amides is 2. The summed E-state index contributed by atoms with van der Waals surface area (Å²) in [6, 6.07) is 0. The predicted octanol–water partition coefficient (Wildman–Crippen LogP) is -0.276. The van der Waals surface area contributed by atoms with Gasteiger partial charge in [0, 0.05) is 14.2 Å². The second-order valence-corrected chi connectivity index (χ2v) is 3.99. The summed E-state index contributed by atoms with van der Waals surface area (Å²) in [4.78, 5) is 48.6. The molecule has 0 N–H and O–H groups in total. The molecule has 0 bridgehead atoms. The average Bonchev–Trinajstić information content (AvgIpc) is 2.69. The molecule has 100 valence electrons. The van der Waals surface area contributed by atoms with Crippen molar-refractivity contribution in [2.75, 3.05) is 13.2 Å². The van der Waals surface area contributed by atoms with E-state index in [0.717, 1.165) is 0 Å². The molecule has 1 fully saturated rings. The van der Waals surface area contributed by atoms with Crippen LogP contribution >= 0.6 is 9.03 Å². The highest BCUT2D eigenvalue weighted by atomic mass is 31.1. The van der Waals surface area contributed by atoms with Crippen molar-refractivity contribution in [2.45, 2.75) is 19.7 Å². The molecule has 1 aliphatic heterocycles. The van der Waals surface area contributed by atoms with E-state index in [2.05, 4.69) is 4.84 Å². The Morgan fingerprint density at radius 2 is 1.89 bits per heavy atom. The van der Waals surface area contributed by atoms with Crippen molar-refractivity contribution in [3.63, 3.8) is 0 Å². The van der Waals surface area contributed by atoms with E-state index >= 15 is 0 Å². The van der Waals surface area contributed by atoms with Gasteiger partial charge in [0.05, 0.1) is 0 Å². The molecule has 0 radical (unpaired) electrons. The number of nitrogens with zero attached hydrogens (tertiary/aromatic N) is 1. The van der Waals surface area contributed by atoms with E-state index in [1.54, 1.807) is 0 Å². The number of hydrogen-bond acceptors (Lipinski definition) is 7. The van der Waals surface area contributed by atoms with E-state index in [0.29, 0.717) is 5.06 Å². The summed E-state index contributed by atoms with van der Waals surface area (Å²) < 4.78 is 16.2. The van der Waals surface area contributed by atoms with Gasteiger partial charge in [-0.05, 0) is 6.90 Å². The second-order valence-electron chi connectivity index (χ2n) is 3.24. The van der Waals surface area contributed by atoms with Gasteiger partial charge in [-0.3, -0.25) is 14.4 Å². The molecule has 0 aromatic heterocycles. The van der Waals surface area contributed by atoms with Crippen molar-refractivity contribution in [1.29, 1.82) is 0 Å². The highest BCUT2D eigenvalue weighted by Crippen LogP contribution is 2.15. The first-order valence-corrected chi connectivity index (χ1v) is 5.72. The van der Waals surface area contributed by atoms with Gasteiger partial charge >= 0.3 is 5.97 Å². The Balaban J connectivity index is 2.13. The van der Waals surface area contributed by atoms with Gasteiger partial charge in [0.25, 0.3) is 11.8 Å². The van der Waals surface area contributed by atoms with Crippen molar-refractivity contribution in [3.05, 3.63) is 0 Å². The lowest BCUT2D eigenvalue weighted by atomic mass is 10.4. The third-order valence-electron chi connectivity index (χ3n) is 1.74. The second kappa shape index (κ2) is 7.15. The van der Waals surface area contributed by atoms with E-state index < -0.39 is 39.2 Å². The van der Waals surface area contributed by atoms with Gasteiger partial charge in [-0.1, -0.05) is 0 Å². The molecule has 9 heteroatoms. The smallest absolute Gasteiger partial charge is 0.328 e. The molecule has 1 atom stereocenters. The number of imide groups is 1. The minimum absolute atomic E-state index is 0.0209. The average molecular weight is 279 g/mol. The lowest BCUT2D eigenvalue weighted by Crippen LogP contribution is -2.33. The maximum atomic E-state index is 11.2. The van der Waals surface area contributed by atoms with Crippen LogP contribution in [0, 0.1) is 0 Å². The number of Topliss-reactive ketones (excluding diaryl/α,β-unsaturated/α-hetero) is 1. The molecule has 1 heterocycles. The van der Waals surface area contributed by atoms with Crippen LogP contribution in [0.1, 0.15) is 21.1 Å². The number of carbonyl (C=O) groups is 4. The van der Waals surface area contributed by atoms with Crippen LogP contribution in [0.25, 0.3) is 0 Å². The van der Waals surface area contributed by atoms with Gasteiger partial charge in [-0.25, -0.2) is 4.79 Å². The summed E-state index contributed by atoms with van der Waals surface area (Å²) in [6.45, 7) is -1.16. The number of hydroxylamine groups is 2. The fourth-order valence-corrected chi connectivity index (χ4v) is 1.51. The third-order valence-corrected chi connectivity index (χ3v) is 2.26. The normalized spacial score (nSPS) is 16.4. The Hall–Kier alpha value is -1.37. The molecular weight excluding hydrogens is 265 g/mol. The van der Waals surface area contributed by atoms with Crippen molar-refractivity contribution >= 4 is 32.6 Å². The van der Waals surface area contributed by atoms with Gasteiger partial charge in [-0.15, -0.1) is 5.06 Å². The highest BCUT2D eigenvalue weighted by molar-refractivity contribution is 7.26. The van der Waals surface area contributed by atoms with Crippen molar-refractivity contribution < 1.29 is 34.4 Å². The first-order chi connectivity index (χ1) is 9.04. The van der Waals surface area contributed by atoms with Crippen LogP contribution in [0.15, 0.2) is 0 Å². The van der Waals surface area contributed by atoms with E-state index in [-0.39, 0.29) is 26.3 Å². The van der Waals surface area contributed by atoms with Crippen molar-refractivity contribution in [3.8, 4) is 0 Å². The Morgan fingerprint density at radius 3 is 2.50 bits per heavy atom. The van der Waals surface area contributed by atoms with Crippen LogP contribution in [0.5, 0.6) is 0 Å². The molecule has 0 saturated carbocycles. The summed E-state index contributed by atoms with van der Waals surface area (Å²) in [7, 11) is -0.571. The maximum Gasteiger partial charge on any atom is 0.359 e. The summed E-state index contributed by atoms with van der Waals surface area (Å²) >= 11 is 0. The number of rotatable bonds is 7. The zero-order valence-electron chi connectivity index (χ0n) is 10.3. The number of carbonyl (C=O) groups excluding carboxylic acids is 4. The van der Waals surface area contributed by atoms with Crippen LogP contribution in [0.4, 0.5) is 0 Å². The quantitative estimate of drug-likeness (QED) is 0.359. The Bertz CT molecular complexity index is 373. The number of ketones is 1. The fourth-order valence-electron chi connectivity index (χ4n) is 1.03. The molecule has 1 saturated heterocycles. The van der Waals surface area contributed by atoms with Crippen LogP contribution in [0.2, 0.25) is 0 Å². The Kier molecular flexibility index (Phi) is 5.19. The minimum Gasteiger partial charge on any atom is -0.328 e. The summed E-state index contributed by atoms with van der Waals surface area (Å²) in [5.41, 5.74) is 0. The number of hydrogen-bond donors (Lipinski definition) is 0. The van der Waals surface area contributed by atoms with Crippen LogP contribution in [-0.4, -0.2) is 41.8 Å². The van der Waals surface area contributed by atoms with Crippen molar-refractivity contribution in [2.24, 2.45) is 0 Å². The lowest BCUT2D eigenvalue weighted by Gasteiger charge is -2.12. The van der Waals surface area contributed by atoms with Gasteiger partial charge in [0.2, 0.25) is 0 Å². The Morgan fingerprint density at radius 1 is 1.28 bits per heavy atom. The molecule has 1 aliphatic rings. The van der Waals surface area contributed by atoms with Gasteiger partial charge < -0.3 is 13.9 Å². The molecular formula is C9H12NO7P. The molecule has 1 rings (SSSR count). The standard InChI is InChI=1S/C9H12NO7P/c1-6(11)4-15-18-16-5-9(14)17-10-7(12)2-3-8(10)13/h18H,2-5H2,1H3/i1T. The minimum atomic E-state index is -0.911. The van der Waals surface area contributed by atoms with E-state index in [9.17, 15) is 19.2 Å². The largest absolute Gasteiger partial charge is 0.359 e. The van der Waals surface area contributed by atoms with Crippen LogP contribution in [-0.2, 0) is 33.1 Å². The third kappa shape index (κ3) is 4.87. The van der Waals surface area contributed by atoms with Crippen LogP contribution < -0.4 is 0 Å².